The quantitative estimate of drug-likeness (QED) is 0.160. The number of nitrogens with zero attached hydrogens (tertiary/aromatic N) is 3. The molecule has 0 amide bonds. The van der Waals surface area contributed by atoms with Crippen LogP contribution in [0.5, 0.6) is 0 Å². The predicted octanol–water partition coefficient (Wildman–Crippen LogP) is 14.8. The van der Waals surface area contributed by atoms with E-state index >= 15 is 0 Å². The zero-order chi connectivity index (χ0) is 45.6. The third-order valence-corrected chi connectivity index (χ3v) is 18.7. The Balaban J connectivity index is 1.07. The molecule has 2 fully saturated rings. The van der Waals surface area contributed by atoms with Gasteiger partial charge in [0.1, 0.15) is 0 Å². The third kappa shape index (κ3) is 5.27. The first-order valence-corrected chi connectivity index (χ1v) is 25.5. The second-order valence-electron chi connectivity index (χ2n) is 21.9. The minimum absolute atomic E-state index is 0.0181. The van der Waals surface area contributed by atoms with Crippen LogP contribution < -0.4 is 31.1 Å². The Bertz CT molecular complexity index is 3330. The monoisotopic (exact) mass is 879 g/mol. The van der Waals surface area contributed by atoms with E-state index in [2.05, 4.69) is 224 Å². The number of fused-ring (bicyclic) bond motifs is 10. The molecule has 8 aromatic carbocycles. The van der Waals surface area contributed by atoms with Crippen molar-refractivity contribution in [1.82, 2.24) is 0 Å². The van der Waals surface area contributed by atoms with Crippen LogP contribution in [0.15, 0.2) is 182 Å². The summed E-state index contributed by atoms with van der Waals surface area (Å²) < 4.78 is 0. The van der Waals surface area contributed by atoms with E-state index in [9.17, 15) is 0 Å². The van der Waals surface area contributed by atoms with Crippen LogP contribution in [0.3, 0.4) is 0 Å². The first-order valence-electron chi connectivity index (χ1n) is 25.5. The van der Waals surface area contributed by atoms with E-state index < -0.39 is 0 Å². The lowest BCUT2D eigenvalue weighted by molar-refractivity contribution is 0.194. The lowest BCUT2D eigenvalue weighted by atomic mass is 9.33. The highest BCUT2D eigenvalue weighted by Crippen LogP contribution is 2.65. The lowest BCUT2D eigenvalue weighted by Crippen LogP contribution is -2.64. The van der Waals surface area contributed by atoms with E-state index in [4.69, 9.17) is 0 Å². The molecule has 0 spiro atoms. The fraction of sp³-hybridized carbons (Fsp3) is 0.250. The number of anilines is 7. The first kappa shape index (κ1) is 40.3. The Hall–Kier alpha value is -6.78. The van der Waals surface area contributed by atoms with E-state index in [1.807, 2.05) is 0 Å². The van der Waals surface area contributed by atoms with Gasteiger partial charge in [0, 0.05) is 50.6 Å². The second kappa shape index (κ2) is 14.4. The van der Waals surface area contributed by atoms with Crippen LogP contribution in [0.2, 0.25) is 0 Å². The van der Waals surface area contributed by atoms with Crippen LogP contribution in [0.25, 0.3) is 33.4 Å². The number of hydrogen-bond acceptors (Lipinski definition) is 3. The second-order valence-corrected chi connectivity index (χ2v) is 21.9. The van der Waals surface area contributed by atoms with Crippen LogP contribution in [-0.2, 0) is 10.8 Å². The number of hydrogen-bond donors (Lipinski definition) is 0. The zero-order valence-corrected chi connectivity index (χ0v) is 39.9. The summed E-state index contributed by atoms with van der Waals surface area (Å²) in [6.45, 7) is 10.5. The summed E-state index contributed by atoms with van der Waals surface area (Å²) >= 11 is 0. The molecule has 4 unspecified atom stereocenters. The van der Waals surface area contributed by atoms with Gasteiger partial charge in [0.05, 0.1) is 11.1 Å². The van der Waals surface area contributed by atoms with Gasteiger partial charge in [-0.05, 0) is 143 Å². The molecule has 0 radical (unpaired) electrons. The molecule has 4 atom stereocenters. The van der Waals surface area contributed by atoms with E-state index in [0.717, 1.165) is 6.42 Å². The van der Waals surface area contributed by atoms with Gasteiger partial charge in [0.25, 0.3) is 6.71 Å². The molecule has 0 aromatic heterocycles. The van der Waals surface area contributed by atoms with Crippen molar-refractivity contribution in [3.05, 3.63) is 193 Å². The van der Waals surface area contributed by atoms with Crippen molar-refractivity contribution in [3.8, 4) is 33.4 Å². The lowest BCUT2D eigenvalue weighted by Gasteiger charge is -2.53. The molecule has 4 heteroatoms. The maximum absolute atomic E-state index is 2.91. The summed E-state index contributed by atoms with van der Waals surface area (Å²) in [5, 5.41) is 0. The average molecular weight is 880 g/mol. The Morgan fingerprint density at radius 2 is 0.882 bits per heavy atom. The van der Waals surface area contributed by atoms with Gasteiger partial charge in [-0.3, -0.25) is 0 Å². The standard InChI is InChI=1S/C64H58BN3/c1-61-35-14-17-38-64(61,4)68-58-42-50(67-55-33-29-47(44-21-10-6-11-22-44)39-52(55)62(2)36-15-16-37-63(62,67)3)41-57-59(58)65(53-26-18-25-51(61)60(53)68)54-40-48(45-23-12-7-13-24-45)30-34-56(54)66(57)49-31-27-46(28-32-49)43-19-8-5-9-20-43/h5-13,18-34,39-42H,14-17,35-38H2,1-4H3. The Morgan fingerprint density at radius 3 is 1.53 bits per heavy atom. The van der Waals surface area contributed by atoms with Crippen LogP contribution in [0.1, 0.15) is 90.2 Å². The maximum Gasteiger partial charge on any atom is 0.252 e. The van der Waals surface area contributed by atoms with Crippen molar-refractivity contribution in [2.75, 3.05) is 14.7 Å². The fourth-order valence-corrected chi connectivity index (χ4v) is 14.9. The molecule has 4 aliphatic heterocycles. The molecule has 8 aromatic rings. The molecular formula is C64H58BN3. The van der Waals surface area contributed by atoms with Gasteiger partial charge in [-0.1, -0.05) is 179 Å². The maximum atomic E-state index is 2.91. The van der Waals surface area contributed by atoms with Crippen molar-refractivity contribution < 1.29 is 0 Å². The molecule has 3 nitrogen and oxygen atoms in total. The molecular weight excluding hydrogens is 822 g/mol. The summed E-state index contributed by atoms with van der Waals surface area (Å²) in [4.78, 5) is 8.39. The van der Waals surface area contributed by atoms with Gasteiger partial charge in [-0.2, -0.15) is 0 Å². The number of para-hydroxylation sites is 1. The third-order valence-electron chi connectivity index (χ3n) is 18.7. The van der Waals surface area contributed by atoms with Gasteiger partial charge in [-0.15, -0.1) is 0 Å². The van der Waals surface area contributed by atoms with Crippen LogP contribution in [-0.4, -0.2) is 17.8 Å². The molecule has 4 heterocycles. The van der Waals surface area contributed by atoms with Crippen molar-refractivity contribution in [1.29, 1.82) is 0 Å². The Kier molecular flexibility index (Phi) is 8.52. The highest BCUT2D eigenvalue weighted by Gasteiger charge is 2.62. The molecule has 2 saturated carbocycles. The Labute approximate surface area is 403 Å². The van der Waals surface area contributed by atoms with Crippen LogP contribution >= 0.6 is 0 Å². The molecule has 2 aliphatic carbocycles. The minimum atomic E-state index is -0.116. The van der Waals surface area contributed by atoms with Crippen LogP contribution in [0.4, 0.5) is 39.8 Å². The molecule has 14 rings (SSSR count). The largest absolute Gasteiger partial charge is 0.335 e. The van der Waals surface area contributed by atoms with Crippen molar-refractivity contribution in [2.45, 2.75) is 101 Å². The smallest absolute Gasteiger partial charge is 0.252 e. The Morgan fingerprint density at radius 1 is 0.368 bits per heavy atom. The van der Waals surface area contributed by atoms with Gasteiger partial charge >= 0.3 is 0 Å². The fourth-order valence-electron chi connectivity index (χ4n) is 14.9. The van der Waals surface area contributed by atoms with Crippen molar-refractivity contribution in [3.63, 3.8) is 0 Å². The summed E-state index contributed by atoms with van der Waals surface area (Å²) in [5.41, 5.74) is 24.0. The first-order chi connectivity index (χ1) is 33.2. The SMILES string of the molecule is CC12CCCCC1(C)N(c1cc3c4c(c1)N1c5c(cccc5C5(C)CCCCC15C)B4c1cc(-c4ccccc4)ccc1N3c1ccc(-c3ccccc3)cc1)c1ccc(-c3ccccc3)cc12. The molecule has 0 bridgehead atoms. The topological polar surface area (TPSA) is 9.72 Å². The van der Waals surface area contributed by atoms with E-state index in [0.29, 0.717) is 0 Å². The van der Waals surface area contributed by atoms with Gasteiger partial charge in [-0.25, -0.2) is 0 Å². The normalized spacial score (nSPS) is 24.7. The van der Waals surface area contributed by atoms with Crippen LogP contribution in [0, 0.1) is 0 Å². The average Bonchev–Trinajstić information content (AvgIpc) is 3.73. The zero-order valence-electron chi connectivity index (χ0n) is 39.9. The van der Waals surface area contributed by atoms with Gasteiger partial charge in [0.15, 0.2) is 0 Å². The molecule has 6 aliphatic rings. The van der Waals surface area contributed by atoms with E-state index in [1.165, 1.54) is 140 Å². The summed E-state index contributed by atoms with van der Waals surface area (Å²) in [6, 6.07) is 69.7. The molecule has 332 valence electrons. The van der Waals surface area contributed by atoms with Gasteiger partial charge < -0.3 is 14.7 Å². The summed E-state index contributed by atoms with van der Waals surface area (Å²) in [7, 11) is 0. The molecule has 0 N–H and O–H groups in total. The van der Waals surface area contributed by atoms with E-state index in [1.54, 1.807) is 5.56 Å². The van der Waals surface area contributed by atoms with E-state index in [-0.39, 0.29) is 28.6 Å². The molecule has 0 saturated heterocycles. The number of benzene rings is 8. The summed E-state index contributed by atoms with van der Waals surface area (Å²) in [5.74, 6) is 0. The van der Waals surface area contributed by atoms with Crippen molar-refractivity contribution in [2.24, 2.45) is 0 Å². The molecule has 68 heavy (non-hydrogen) atoms. The predicted molar refractivity (Wildman–Crippen MR) is 288 cm³/mol. The summed E-state index contributed by atoms with van der Waals surface area (Å²) in [6.07, 6.45) is 9.72. The van der Waals surface area contributed by atoms with Crippen molar-refractivity contribution >= 4 is 62.9 Å². The van der Waals surface area contributed by atoms with Gasteiger partial charge in [0.2, 0.25) is 0 Å². The minimum Gasteiger partial charge on any atom is -0.335 e. The highest BCUT2D eigenvalue weighted by atomic mass is 15.3. The highest BCUT2D eigenvalue weighted by molar-refractivity contribution is 7.00. The number of rotatable bonds is 5.